The van der Waals surface area contributed by atoms with Crippen molar-refractivity contribution in [3.63, 3.8) is 0 Å². The van der Waals surface area contributed by atoms with Crippen LogP contribution in [0.5, 0.6) is 0 Å². The number of hydrogen-bond donors (Lipinski definition) is 0. The summed E-state index contributed by atoms with van der Waals surface area (Å²) in [7, 11) is 0. The van der Waals surface area contributed by atoms with Gasteiger partial charge < -0.3 is 0 Å². The molecule has 1 heterocycles. The van der Waals surface area contributed by atoms with Gasteiger partial charge in [-0.25, -0.2) is 0 Å². The second kappa shape index (κ2) is 9.25. The van der Waals surface area contributed by atoms with Gasteiger partial charge in [0.2, 0.25) is 0 Å². The molecule has 2 unspecified atom stereocenters. The summed E-state index contributed by atoms with van der Waals surface area (Å²) in [5, 5.41) is 1.40. The van der Waals surface area contributed by atoms with Crippen LogP contribution in [-0.2, 0) is 12.8 Å². The largest absolute Gasteiger partial charge is 0.271 e. The Morgan fingerprint density at radius 2 is 1.23 bits per heavy atom. The van der Waals surface area contributed by atoms with E-state index in [0.29, 0.717) is 21.2 Å². The molecule has 0 fully saturated rings. The van der Waals surface area contributed by atoms with Crippen LogP contribution in [0.2, 0.25) is 10.0 Å². The summed E-state index contributed by atoms with van der Waals surface area (Å²) in [6, 6.07) is 22.4. The summed E-state index contributed by atoms with van der Waals surface area (Å²) in [6.07, 6.45) is 2.42. The first kappa shape index (κ1) is 21.6. The number of aryl methyl sites for hydroxylation is 1. The lowest BCUT2D eigenvalue weighted by molar-refractivity contribution is 0.0538. The Balaban J connectivity index is 1.58. The summed E-state index contributed by atoms with van der Waals surface area (Å²) in [4.78, 5) is 27.5. The van der Waals surface area contributed by atoms with Gasteiger partial charge in [-0.1, -0.05) is 59.6 Å². The van der Waals surface area contributed by atoms with Crippen LogP contribution in [0.15, 0.2) is 72.8 Å². The fourth-order valence-electron chi connectivity index (χ4n) is 4.23. The van der Waals surface area contributed by atoms with Gasteiger partial charge in [-0.2, -0.15) is 0 Å². The van der Waals surface area contributed by atoms with Crippen molar-refractivity contribution in [1.82, 2.24) is 4.90 Å². The monoisotopic (exact) mass is 451 g/mol. The molecule has 0 spiro atoms. The van der Waals surface area contributed by atoms with Gasteiger partial charge in [0.25, 0.3) is 11.8 Å². The minimum Gasteiger partial charge on any atom is -0.271 e. The Hall–Kier alpha value is -2.62. The normalized spacial score (nSPS) is 15.1. The van der Waals surface area contributed by atoms with Gasteiger partial charge in [0.15, 0.2) is 0 Å². The second-order valence-electron chi connectivity index (χ2n) is 8.02. The maximum atomic E-state index is 13.0. The first-order chi connectivity index (χ1) is 14.9. The molecule has 3 nitrogen and oxygen atoms in total. The molecule has 4 rings (SSSR count). The summed E-state index contributed by atoms with van der Waals surface area (Å²) in [6.45, 7) is 1.98. The third-order valence-electron chi connectivity index (χ3n) is 6.04. The molecule has 0 aromatic heterocycles. The highest BCUT2D eigenvalue weighted by molar-refractivity contribution is 6.30. The Labute approximate surface area is 192 Å². The van der Waals surface area contributed by atoms with E-state index < -0.39 is 0 Å². The SMILES string of the molecule is CC(C(CCc1ccc(Cl)cc1)Cc1ccc(Cl)cc1)N1C(=O)c2ccccc2C1=O. The fourth-order valence-corrected chi connectivity index (χ4v) is 4.48. The van der Waals surface area contributed by atoms with E-state index in [-0.39, 0.29) is 23.8 Å². The van der Waals surface area contributed by atoms with Crippen molar-refractivity contribution in [1.29, 1.82) is 0 Å². The zero-order valence-corrected chi connectivity index (χ0v) is 18.7. The molecule has 0 N–H and O–H groups in total. The standard InChI is InChI=1S/C26H23Cl2NO2/c1-17(29-25(30)23-4-2-3-5-24(23)26(29)31)20(16-19-9-14-22(28)15-10-19)11-6-18-7-12-21(27)13-8-18/h2-5,7-10,12-15,17,20H,6,11,16H2,1H3. The first-order valence-corrected chi connectivity index (χ1v) is 11.2. The lowest BCUT2D eigenvalue weighted by Gasteiger charge is -2.31. The molecule has 31 heavy (non-hydrogen) atoms. The van der Waals surface area contributed by atoms with Crippen molar-refractivity contribution < 1.29 is 9.59 Å². The van der Waals surface area contributed by atoms with Gasteiger partial charge in [0.1, 0.15) is 0 Å². The van der Waals surface area contributed by atoms with Gasteiger partial charge in [0, 0.05) is 16.1 Å². The highest BCUT2D eigenvalue weighted by Gasteiger charge is 2.40. The Morgan fingerprint density at radius 1 is 0.742 bits per heavy atom. The van der Waals surface area contributed by atoms with Gasteiger partial charge in [-0.3, -0.25) is 14.5 Å². The van der Waals surface area contributed by atoms with Crippen molar-refractivity contribution in [3.05, 3.63) is 105 Å². The number of rotatable bonds is 7. The number of fused-ring (bicyclic) bond motifs is 1. The summed E-state index contributed by atoms with van der Waals surface area (Å²) in [5.74, 6) is -0.319. The van der Waals surface area contributed by atoms with Crippen molar-refractivity contribution in [2.24, 2.45) is 5.92 Å². The average Bonchev–Trinajstić information content (AvgIpc) is 3.03. The fraction of sp³-hybridized carbons (Fsp3) is 0.231. The molecule has 5 heteroatoms. The maximum Gasteiger partial charge on any atom is 0.261 e. The predicted molar refractivity (Wildman–Crippen MR) is 125 cm³/mol. The maximum absolute atomic E-state index is 13.0. The topological polar surface area (TPSA) is 37.4 Å². The Kier molecular flexibility index (Phi) is 6.45. The summed E-state index contributed by atoms with van der Waals surface area (Å²) in [5.41, 5.74) is 3.29. The van der Waals surface area contributed by atoms with Gasteiger partial charge >= 0.3 is 0 Å². The molecule has 3 aromatic carbocycles. The van der Waals surface area contributed by atoms with Crippen LogP contribution < -0.4 is 0 Å². The highest BCUT2D eigenvalue weighted by atomic mass is 35.5. The van der Waals surface area contributed by atoms with Crippen LogP contribution in [0.1, 0.15) is 45.2 Å². The number of imide groups is 1. The number of carbonyl (C=O) groups excluding carboxylic acids is 2. The average molecular weight is 452 g/mol. The molecule has 2 amide bonds. The first-order valence-electron chi connectivity index (χ1n) is 10.4. The summed E-state index contributed by atoms with van der Waals surface area (Å²) < 4.78 is 0. The molecule has 0 saturated carbocycles. The number of nitrogens with zero attached hydrogens (tertiary/aromatic N) is 1. The van der Waals surface area contributed by atoms with Crippen LogP contribution in [0.3, 0.4) is 0 Å². The van der Waals surface area contributed by atoms with Crippen LogP contribution >= 0.6 is 23.2 Å². The minimum atomic E-state index is -0.240. The Bertz CT molecular complexity index is 1060. The second-order valence-corrected chi connectivity index (χ2v) is 8.90. The summed E-state index contributed by atoms with van der Waals surface area (Å²) >= 11 is 12.1. The zero-order chi connectivity index (χ0) is 22.0. The van der Waals surface area contributed by atoms with Crippen LogP contribution in [0.25, 0.3) is 0 Å². The number of amides is 2. The molecular weight excluding hydrogens is 429 g/mol. The molecule has 0 bridgehead atoms. The lowest BCUT2D eigenvalue weighted by Crippen LogP contribution is -2.43. The van der Waals surface area contributed by atoms with Crippen LogP contribution in [0.4, 0.5) is 0 Å². The minimum absolute atomic E-state index is 0.0964. The molecule has 158 valence electrons. The third kappa shape index (κ3) is 4.68. The molecule has 1 aliphatic heterocycles. The van der Waals surface area contributed by atoms with E-state index in [1.807, 2.05) is 55.5 Å². The van der Waals surface area contributed by atoms with Crippen molar-refractivity contribution in [2.75, 3.05) is 0 Å². The lowest BCUT2D eigenvalue weighted by atomic mass is 9.87. The molecule has 3 aromatic rings. The number of carbonyl (C=O) groups is 2. The van der Waals surface area contributed by atoms with Gasteiger partial charge in [0.05, 0.1) is 11.1 Å². The molecule has 0 radical (unpaired) electrons. The van der Waals surface area contributed by atoms with E-state index in [1.54, 1.807) is 24.3 Å². The van der Waals surface area contributed by atoms with E-state index in [0.717, 1.165) is 24.8 Å². The van der Waals surface area contributed by atoms with E-state index in [4.69, 9.17) is 23.2 Å². The van der Waals surface area contributed by atoms with Crippen molar-refractivity contribution in [2.45, 2.75) is 32.2 Å². The van der Waals surface area contributed by atoms with Crippen molar-refractivity contribution >= 4 is 35.0 Å². The highest BCUT2D eigenvalue weighted by Crippen LogP contribution is 2.30. The molecule has 2 atom stereocenters. The number of halogens is 2. The van der Waals surface area contributed by atoms with E-state index in [9.17, 15) is 9.59 Å². The van der Waals surface area contributed by atoms with E-state index >= 15 is 0 Å². The molecule has 1 aliphatic rings. The molecule has 0 aliphatic carbocycles. The van der Waals surface area contributed by atoms with Gasteiger partial charge in [-0.15, -0.1) is 0 Å². The number of hydrogen-bond acceptors (Lipinski definition) is 2. The van der Waals surface area contributed by atoms with E-state index in [2.05, 4.69) is 0 Å². The van der Waals surface area contributed by atoms with Crippen LogP contribution in [-0.4, -0.2) is 22.8 Å². The molecular formula is C26H23Cl2NO2. The quantitative estimate of drug-likeness (QED) is 0.386. The predicted octanol–water partition coefficient (Wildman–Crippen LogP) is 6.47. The molecule has 0 saturated heterocycles. The van der Waals surface area contributed by atoms with E-state index in [1.165, 1.54) is 10.5 Å². The van der Waals surface area contributed by atoms with Gasteiger partial charge in [-0.05, 0) is 79.6 Å². The van der Waals surface area contributed by atoms with Crippen molar-refractivity contribution in [3.8, 4) is 0 Å². The third-order valence-corrected chi connectivity index (χ3v) is 6.55. The Morgan fingerprint density at radius 3 is 1.74 bits per heavy atom. The number of benzene rings is 3. The van der Waals surface area contributed by atoms with Crippen LogP contribution in [0, 0.1) is 5.92 Å². The smallest absolute Gasteiger partial charge is 0.261 e. The zero-order valence-electron chi connectivity index (χ0n) is 17.2.